The first-order valence-electron chi connectivity index (χ1n) is 13.8. The van der Waals surface area contributed by atoms with Crippen molar-refractivity contribution in [2.24, 2.45) is 17.8 Å². The first-order chi connectivity index (χ1) is 15.7. The van der Waals surface area contributed by atoms with Crippen LogP contribution in [0.5, 0.6) is 0 Å². The highest BCUT2D eigenvalue weighted by Crippen LogP contribution is 2.40. The molecule has 2 fully saturated rings. The van der Waals surface area contributed by atoms with Gasteiger partial charge in [0.1, 0.15) is 0 Å². The Kier molecular flexibility index (Phi) is 8.89. The maximum Gasteiger partial charge on any atom is -0.0162 e. The Hall–Kier alpha value is -1.56. The number of rotatable bonds is 9. The summed E-state index contributed by atoms with van der Waals surface area (Å²) in [6, 6.07) is 20.9. The molecule has 1 atom stereocenters. The molecule has 0 heteroatoms. The lowest BCUT2D eigenvalue weighted by atomic mass is 9.75. The zero-order valence-electron chi connectivity index (χ0n) is 20.8. The number of benzene rings is 2. The summed E-state index contributed by atoms with van der Waals surface area (Å²) in [6.45, 7) is 4.75. The predicted molar refractivity (Wildman–Crippen MR) is 139 cm³/mol. The van der Waals surface area contributed by atoms with E-state index in [1.165, 1.54) is 89.0 Å². The van der Waals surface area contributed by atoms with Crippen LogP contribution >= 0.6 is 0 Å². The molecule has 2 saturated carbocycles. The molecule has 2 aromatic rings. The summed E-state index contributed by atoms with van der Waals surface area (Å²) >= 11 is 0. The molecule has 2 aliphatic carbocycles. The zero-order chi connectivity index (χ0) is 22.2. The lowest BCUT2D eigenvalue weighted by Gasteiger charge is -2.30. The molecule has 0 spiro atoms. The summed E-state index contributed by atoms with van der Waals surface area (Å²) in [5, 5.41) is 0. The second kappa shape index (κ2) is 12.1. The van der Waals surface area contributed by atoms with E-state index in [0.717, 1.165) is 23.7 Å². The van der Waals surface area contributed by atoms with Crippen LogP contribution in [0.15, 0.2) is 54.6 Å². The Labute approximate surface area is 198 Å². The molecule has 0 saturated heterocycles. The van der Waals surface area contributed by atoms with E-state index in [4.69, 9.17) is 0 Å². The average molecular weight is 431 g/mol. The third-order valence-corrected chi connectivity index (χ3v) is 8.86. The van der Waals surface area contributed by atoms with Crippen molar-refractivity contribution in [1.82, 2.24) is 0 Å². The standard InChI is InChI=1S/C32H46/c1-3-7-26-10-12-27(13-11-26)14-15-28-16-20-31(21-17-28)32-22-18-29(19-23-32)24-25(2)30-8-5-4-6-9-30/h4-6,8-9,16-17,20-21,25-27,29,32H,3,7,10-15,18-19,22-24H2,1-2H3. The normalized spacial score (nSPS) is 27.2. The van der Waals surface area contributed by atoms with Crippen LogP contribution in [0, 0.1) is 17.8 Å². The summed E-state index contributed by atoms with van der Waals surface area (Å²) in [5.41, 5.74) is 4.68. The lowest BCUT2D eigenvalue weighted by Crippen LogP contribution is -2.15. The Morgan fingerprint density at radius 1 is 0.688 bits per heavy atom. The van der Waals surface area contributed by atoms with Crippen molar-refractivity contribution in [1.29, 1.82) is 0 Å². The minimum absolute atomic E-state index is 0.693. The highest BCUT2D eigenvalue weighted by atomic mass is 14.3. The van der Waals surface area contributed by atoms with Crippen molar-refractivity contribution in [3.63, 3.8) is 0 Å². The van der Waals surface area contributed by atoms with Crippen LogP contribution in [0.3, 0.4) is 0 Å². The lowest BCUT2D eigenvalue weighted by molar-refractivity contribution is 0.252. The van der Waals surface area contributed by atoms with Crippen LogP contribution in [0.25, 0.3) is 0 Å². The molecule has 1 unspecified atom stereocenters. The van der Waals surface area contributed by atoms with E-state index in [-0.39, 0.29) is 0 Å². The molecule has 0 aliphatic heterocycles. The van der Waals surface area contributed by atoms with Gasteiger partial charge in [-0.2, -0.15) is 0 Å². The second-order valence-electron chi connectivity index (χ2n) is 11.2. The van der Waals surface area contributed by atoms with Gasteiger partial charge in [-0.15, -0.1) is 0 Å². The van der Waals surface area contributed by atoms with E-state index in [0.29, 0.717) is 5.92 Å². The average Bonchev–Trinajstić information content (AvgIpc) is 2.85. The Morgan fingerprint density at radius 2 is 1.28 bits per heavy atom. The molecule has 0 radical (unpaired) electrons. The molecular formula is C32H46. The second-order valence-corrected chi connectivity index (χ2v) is 11.2. The van der Waals surface area contributed by atoms with Crippen LogP contribution in [-0.2, 0) is 6.42 Å². The smallest absolute Gasteiger partial charge is 0.0162 e. The van der Waals surface area contributed by atoms with Crippen molar-refractivity contribution in [2.45, 2.75) is 109 Å². The molecule has 0 heterocycles. The van der Waals surface area contributed by atoms with Crippen LogP contribution in [-0.4, -0.2) is 0 Å². The van der Waals surface area contributed by atoms with Crippen LogP contribution in [0.4, 0.5) is 0 Å². The van der Waals surface area contributed by atoms with Gasteiger partial charge in [-0.3, -0.25) is 0 Å². The van der Waals surface area contributed by atoms with E-state index in [9.17, 15) is 0 Å². The molecule has 32 heavy (non-hydrogen) atoms. The number of hydrogen-bond acceptors (Lipinski definition) is 0. The molecule has 2 aliphatic rings. The minimum Gasteiger partial charge on any atom is -0.0654 e. The van der Waals surface area contributed by atoms with Crippen molar-refractivity contribution < 1.29 is 0 Å². The van der Waals surface area contributed by atoms with E-state index in [1.807, 2.05) is 0 Å². The molecule has 0 nitrogen and oxygen atoms in total. The quantitative estimate of drug-likeness (QED) is 0.371. The third-order valence-electron chi connectivity index (χ3n) is 8.86. The van der Waals surface area contributed by atoms with E-state index < -0.39 is 0 Å². The topological polar surface area (TPSA) is 0 Å². The van der Waals surface area contributed by atoms with E-state index in [1.54, 1.807) is 11.1 Å². The van der Waals surface area contributed by atoms with Crippen LogP contribution in [0.1, 0.15) is 119 Å². The Balaban J connectivity index is 1.18. The van der Waals surface area contributed by atoms with Gasteiger partial charge >= 0.3 is 0 Å². The summed E-state index contributed by atoms with van der Waals surface area (Å²) < 4.78 is 0. The minimum atomic E-state index is 0.693. The Bertz CT molecular complexity index is 757. The van der Waals surface area contributed by atoms with Crippen molar-refractivity contribution in [3.8, 4) is 0 Å². The summed E-state index contributed by atoms with van der Waals surface area (Å²) in [5.74, 6) is 4.41. The molecule has 174 valence electrons. The summed E-state index contributed by atoms with van der Waals surface area (Å²) in [4.78, 5) is 0. The van der Waals surface area contributed by atoms with Gasteiger partial charge < -0.3 is 0 Å². The summed E-state index contributed by atoms with van der Waals surface area (Å²) in [7, 11) is 0. The van der Waals surface area contributed by atoms with Gasteiger partial charge in [0.15, 0.2) is 0 Å². The summed E-state index contributed by atoms with van der Waals surface area (Å²) in [6.07, 6.45) is 18.4. The number of hydrogen-bond donors (Lipinski definition) is 0. The molecule has 0 amide bonds. The van der Waals surface area contributed by atoms with Crippen molar-refractivity contribution in [3.05, 3.63) is 71.3 Å². The molecule has 0 bridgehead atoms. The Morgan fingerprint density at radius 3 is 1.91 bits per heavy atom. The van der Waals surface area contributed by atoms with Crippen LogP contribution in [0.2, 0.25) is 0 Å². The maximum absolute atomic E-state index is 2.46. The molecule has 4 rings (SSSR count). The largest absolute Gasteiger partial charge is 0.0654 e. The first kappa shape index (κ1) is 23.6. The number of aryl methyl sites for hydroxylation is 1. The maximum atomic E-state index is 2.46. The monoisotopic (exact) mass is 430 g/mol. The van der Waals surface area contributed by atoms with Crippen LogP contribution < -0.4 is 0 Å². The van der Waals surface area contributed by atoms with E-state index in [2.05, 4.69) is 68.4 Å². The van der Waals surface area contributed by atoms with Gasteiger partial charge in [0.2, 0.25) is 0 Å². The third kappa shape index (κ3) is 6.72. The molecule has 0 N–H and O–H groups in total. The fraction of sp³-hybridized carbons (Fsp3) is 0.625. The predicted octanol–water partition coefficient (Wildman–Crippen LogP) is 9.69. The fourth-order valence-corrected chi connectivity index (χ4v) is 6.69. The first-order valence-corrected chi connectivity index (χ1v) is 13.8. The van der Waals surface area contributed by atoms with Gasteiger partial charge in [-0.25, -0.2) is 0 Å². The SMILES string of the molecule is CCCC1CCC(CCc2ccc(C3CCC(CC(C)c4ccccc4)CC3)cc2)CC1. The van der Waals surface area contributed by atoms with Gasteiger partial charge in [0.25, 0.3) is 0 Å². The van der Waals surface area contributed by atoms with E-state index >= 15 is 0 Å². The van der Waals surface area contributed by atoms with Gasteiger partial charge in [0, 0.05) is 0 Å². The highest BCUT2D eigenvalue weighted by molar-refractivity contribution is 5.26. The van der Waals surface area contributed by atoms with Gasteiger partial charge in [0.05, 0.1) is 0 Å². The fourth-order valence-electron chi connectivity index (χ4n) is 6.69. The molecule has 2 aromatic carbocycles. The molecular weight excluding hydrogens is 384 g/mol. The van der Waals surface area contributed by atoms with Gasteiger partial charge in [-0.1, -0.05) is 107 Å². The van der Waals surface area contributed by atoms with Crippen molar-refractivity contribution >= 4 is 0 Å². The highest BCUT2D eigenvalue weighted by Gasteiger charge is 2.24. The van der Waals surface area contributed by atoms with Crippen molar-refractivity contribution in [2.75, 3.05) is 0 Å². The van der Waals surface area contributed by atoms with Gasteiger partial charge in [-0.05, 0) is 91.2 Å². The zero-order valence-corrected chi connectivity index (χ0v) is 20.8. The molecule has 0 aromatic heterocycles.